The van der Waals surface area contributed by atoms with E-state index in [0.717, 1.165) is 12.0 Å². The Morgan fingerprint density at radius 3 is 2.68 bits per heavy atom. The van der Waals surface area contributed by atoms with Gasteiger partial charge in [-0.05, 0) is 31.0 Å². The Morgan fingerprint density at radius 2 is 2.05 bits per heavy atom. The number of ether oxygens (including phenoxy) is 1. The maximum absolute atomic E-state index is 13.2. The molecule has 1 aromatic rings. The minimum Gasteiger partial charge on any atom is -0.370 e. The molecule has 0 bridgehead atoms. The summed E-state index contributed by atoms with van der Waals surface area (Å²) < 4.78 is 19.2. The molecule has 0 aromatic heterocycles. The van der Waals surface area contributed by atoms with Crippen molar-refractivity contribution in [3.63, 3.8) is 0 Å². The van der Waals surface area contributed by atoms with Crippen LogP contribution in [0, 0.1) is 5.82 Å². The van der Waals surface area contributed by atoms with Crippen LogP contribution in [0.1, 0.15) is 57.6 Å². The van der Waals surface area contributed by atoms with Gasteiger partial charge in [0.25, 0.3) is 0 Å². The van der Waals surface area contributed by atoms with Crippen LogP contribution in [0.25, 0.3) is 0 Å². The van der Waals surface area contributed by atoms with Crippen LogP contribution in [0.15, 0.2) is 24.3 Å². The summed E-state index contributed by atoms with van der Waals surface area (Å²) in [7, 11) is 0. The van der Waals surface area contributed by atoms with Gasteiger partial charge in [0.05, 0.1) is 12.2 Å². The second-order valence-corrected chi connectivity index (χ2v) is 5.64. The largest absolute Gasteiger partial charge is 0.370 e. The first-order chi connectivity index (χ1) is 9.17. The molecule has 0 fully saturated rings. The average Bonchev–Trinajstić information content (AvgIpc) is 2.41. The molecule has 19 heavy (non-hydrogen) atoms. The molecule has 0 aliphatic heterocycles. The Morgan fingerprint density at radius 1 is 1.26 bits per heavy atom. The molecule has 0 aliphatic carbocycles. The van der Waals surface area contributed by atoms with Crippen LogP contribution in [0.3, 0.4) is 0 Å². The van der Waals surface area contributed by atoms with Crippen LogP contribution >= 0.6 is 15.9 Å². The van der Waals surface area contributed by atoms with Crippen LogP contribution < -0.4 is 0 Å². The summed E-state index contributed by atoms with van der Waals surface area (Å²) in [6, 6.07) is 6.66. The van der Waals surface area contributed by atoms with Gasteiger partial charge in [0.1, 0.15) is 5.82 Å². The summed E-state index contributed by atoms with van der Waals surface area (Å²) in [5, 5.41) is 0.690. The topological polar surface area (TPSA) is 9.23 Å². The Bertz CT molecular complexity index is 356. The second-order valence-electron chi connectivity index (χ2n) is 4.99. The third-order valence-electron chi connectivity index (χ3n) is 3.22. The predicted molar refractivity (Wildman–Crippen MR) is 82.2 cm³/mol. The fraction of sp³-hybridized carbons (Fsp3) is 0.625. The predicted octanol–water partition coefficient (Wildman–Crippen LogP) is 5.64. The van der Waals surface area contributed by atoms with E-state index in [9.17, 15) is 4.39 Å². The molecule has 0 N–H and O–H groups in total. The quantitative estimate of drug-likeness (QED) is 0.420. The maximum atomic E-state index is 13.2. The zero-order chi connectivity index (χ0) is 14.1. The van der Waals surface area contributed by atoms with Crippen molar-refractivity contribution in [2.24, 2.45) is 0 Å². The first kappa shape index (κ1) is 16.6. The highest BCUT2D eigenvalue weighted by molar-refractivity contribution is 9.09. The molecule has 1 nitrogen and oxygen atoms in total. The van der Waals surface area contributed by atoms with Gasteiger partial charge in [-0.25, -0.2) is 4.39 Å². The van der Waals surface area contributed by atoms with E-state index in [4.69, 9.17) is 4.74 Å². The molecule has 108 valence electrons. The molecule has 2 atom stereocenters. The second kappa shape index (κ2) is 9.49. The van der Waals surface area contributed by atoms with Gasteiger partial charge in [-0.15, -0.1) is 0 Å². The van der Waals surface area contributed by atoms with E-state index < -0.39 is 0 Å². The number of hydrogen-bond acceptors (Lipinski definition) is 1. The molecule has 0 spiro atoms. The third-order valence-corrected chi connectivity index (χ3v) is 3.81. The highest BCUT2D eigenvalue weighted by Gasteiger charge is 2.14. The van der Waals surface area contributed by atoms with Gasteiger partial charge in [0.15, 0.2) is 0 Å². The van der Waals surface area contributed by atoms with E-state index in [-0.39, 0.29) is 18.0 Å². The lowest BCUT2D eigenvalue weighted by molar-refractivity contribution is 0.00478. The standard InChI is InChI=1S/C16H24BrFO/c1-3-4-5-6-8-13(2)19-16(12-17)14-9-7-10-15(18)11-14/h7,9-11,13,16H,3-6,8,12H2,1-2H3. The number of hydrogen-bond donors (Lipinski definition) is 0. The monoisotopic (exact) mass is 330 g/mol. The van der Waals surface area contributed by atoms with Crippen molar-refractivity contribution in [1.82, 2.24) is 0 Å². The number of rotatable bonds is 9. The van der Waals surface area contributed by atoms with Gasteiger partial charge in [-0.2, -0.15) is 0 Å². The number of alkyl halides is 1. The summed E-state index contributed by atoms with van der Waals surface area (Å²) in [6.07, 6.45) is 6.22. The highest BCUT2D eigenvalue weighted by atomic mass is 79.9. The van der Waals surface area contributed by atoms with E-state index in [0.29, 0.717) is 5.33 Å². The minimum atomic E-state index is -0.206. The third kappa shape index (κ3) is 6.53. The molecular weight excluding hydrogens is 307 g/mol. The fourth-order valence-corrected chi connectivity index (χ4v) is 2.64. The normalized spacial score (nSPS) is 14.3. The Labute approximate surface area is 124 Å². The first-order valence-corrected chi connectivity index (χ1v) is 8.26. The zero-order valence-corrected chi connectivity index (χ0v) is 13.5. The summed E-state index contributed by atoms with van der Waals surface area (Å²) in [5.74, 6) is -0.206. The number of unbranched alkanes of at least 4 members (excludes halogenated alkanes) is 3. The molecule has 0 saturated carbocycles. The minimum absolute atomic E-state index is 0.0723. The van der Waals surface area contributed by atoms with Crippen LogP contribution in [0.4, 0.5) is 4.39 Å². The SMILES string of the molecule is CCCCCCC(C)OC(CBr)c1cccc(F)c1. The molecule has 0 saturated heterocycles. The smallest absolute Gasteiger partial charge is 0.123 e. The van der Waals surface area contributed by atoms with E-state index in [1.54, 1.807) is 12.1 Å². The molecule has 1 rings (SSSR count). The number of benzene rings is 1. The van der Waals surface area contributed by atoms with Gasteiger partial charge in [-0.1, -0.05) is 60.7 Å². The summed E-state index contributed by atoms with van der Waals surface area (Å²) in [5.41, 5.74) is 0.900. The van der Waals surface area contributed by atoms with Gasteiger partial charge in [-0.3, -0.25) is 0 Å². The molecule has 1 aromatic carbocycles. The fourth-order valence-electron chi connectivity index (χ4n) is 2.12. The lowest BCUT2D eigenvalue weighted by atomic mass is 10.1. The van der Waals surface area contributed by atoms with Gasteiger partial charge >= 0.3 is 0 Å². The van der Waals surface area contributed by atoms with Crippen molar-refractivity contribution in [1.29, 1.82) is 0 Å². The van der Waals surface area contributed by atoms with Crippen molar-refractivity contribution < 1.29 is 9.13 Å². The van der Waals surface area contributed by atoms with Crippen molar-refractivity contribution >= 4 is 15.9 Å². The Kier molecular flexibility index (Phi) is 8.31. The zero-order valence-electron chi connectivity index (χ0n) is 11.9. The van der Waals surface area contributed by atoms with Crippen molar-refractivity contribution in [3.05, 3.63) is 35.6 Å². The molecule has 2 unspecified atom stereocenters. The van der Waals surface area contributed by atoms with E-state index >= 15 is 0 Å². The summed E-state index contributed by atoms with van der Waals surface area (Å²) >= 11 is 3.45. The van der Waals surface area contributed by atoms with Crippen LogP contribution in [-0.4, -0.2) is 11.4 Å². The van der Waals surface area contributed by atoms with Gasteiger partial charge in [0.2, 0.25) is 0 Å². The lowest BCUT2D eigenvalue weighted by Gasteiger charge is -2.21. The lowest BCUT2D eigenvalue weighted by Crippen LogP contribution is -2.15. The van der Waals surface area contributed by atoms with E-state index in [2.05, 4.69) is 29.8 Å². The van der Waals surface area contributed by atoms with Crippen LogP contribution in [0.5, 0.6) is 0 Å². The Hall–Kier alpha value is -0.410. The van der Waals surface area contributed by atoms with Gasteiger partial charge < -0.3 is 4.74 Å². The molecule has 0 heterocycles. The van der Waals surface area contributed by atoms with E-state index in [1.807, 2.05) is 6.07 Å². The van der Waals surface area contributed by atoms with Crippen molar-refractivity contribution in [2.75, 3.05) is 5.33 Å². The maximum Gasteiger partial charge on any atom is 0.123 e. The molecule has 3 heteroatoms. The number of halogens is 2. The van der Waals surface area contributed by atoms with Crippen molar-refractivity contribution in [3.8, 4) is 0 Å². The van der Waals surface area contributed by atoms with Gasteiger partial charge in [0, 0.05) is 5.33 Å². The molecule has 0 aliphatic rings. The molecular formula is C16H24BrFO. The Balaban J connectivity index is 2.43. The first-order valence-electron chi connectivity index (χ1n) is 7.14. The average molecular weight is 331 g/mol. The molecule has 0 amide bonds. The summed E-state index contributed by atoms with van der Waals surface area (Å²) in [6.45, 7) is 4.31. The molecule has 0 radical (unpaired) electrons. The van der Waals surface area contributed by atoms with Crippen LogP contribution in [0.2, 0.25) is 0 Å². The van der Waals surface area contributed by atoms with Crippen LogP contribution in [-0.2, 0) is 4.74 Å². The summed E-state index contributed by atoms with van der Waals surface area (Å²) in [4.78, 5) is 0. The van der Waals surface area contributed by atoms with E-state index in [1.165, 1.54) is 31.7 Å². The van der Waals surface area contributed by atoms with Crippen molar-refractivity contribution in [2.45, 2.75) is 58.2 Å². The highest BCUT2D eigenvalue weighted by Crippen LogP contribution is 2.23.